The second-order valence-corrected chi connectivity index (χ2v) is 4.06. The second kappa shape index (κ2) is 9.69. The molecule has 0 aliphatic heterocycles. The van der Waals surface area contributed by atoms with E-state index in [0.717, 1.165) is 16.8 Å². The van der Waals surface area contributed by atoms with Gasteiger partial charge in [-0.25, -0.2) is 4.39 Å². The van der Waals surface area contributed by atoms with Crippen molar-refractivity contribution in [2.45, 2.75) is 34.6 Å². The summed E-state index contributed by atoms with van der Waals surface area (Å²) < 4.78 is 12.4. The molecule has 0 fully saturated rings. The Hall–Kier alpha value is -2.21. The molecule has 1 aromatic carbocycles. The topological polar surface area (TPSA) is 36.7 Å². The monoisotopic (exact) mass is 272 g/mol. The summed E-state index contributed by atoms with van der Waals surface area (Å²) in [6.07, 6.45) is 1.24. The van der Waals surface area contributed by atoms with Crippen LogP contribution in [0.4, 0.5) is 4.39 Å². The van der Waals surface area contributed by atoms with Crippen LogP contribution in [0.25, 0.3) is 0 Å². The van der Waals surface area contributed by atoms with Crippen LogP contribution < -0.4 is 0 Å². The Morgan fingerprint density at radius 1 is 1.10 bits per heavy atom. The highest BCUT2D eigenvalue weighted by Crippen LogP contribution is 2.03. The molecule has 0 radical (unpaired) electrons. The molecule has 0 aliphatic rings. The van der Waals surface area contributed by atoms with Gasteiger partial charge in [0.1, 0.15) is 5.82 Å². The maximum atomic E-state index is 12.4. The summed E-state index contributed by atoms with van der Waals surface area (Å²) >= 11 is 0. The molecule has 106 valence electrons. The standard InChI is InChI=1S/C8H7N.C7H8FN.C2H6/c1-7-3-2-4-8(5-7)6-9;1-5-3-6(2)9-4-7(5)8;1-2/h2-5H,1H3;3-4H,1-2H3;1-2H3. The predicted molar refractivity (Wildman–Crippen MR) is 80.9 cm³/mol. The van der Waals surface area contributed by atoms with E-state index in [-0.39, 0.29) is 5.82 Å². The van der Waals surface area contributed by atoms with Gasteiger partial charge in [-0.2, -0.15) is 5.26 Å². The average Bonchev–Trinajstić information content (AvgIpc) is 2.46. The summed E-state index contributed by atoms with van der Waals surface area (Å²) in [7, 11) is 0. The Balaban J connectivity index is 0.000000321. The van der Waals surface area contributed by atoms with Gasteiger partial charge in [0.25, 0.3) is 0 Å². The number of nitriles is 1. The Labute approximate surface area is 120 Å². The van der Waals surface area contributed by atoms with Gasteiger partial charge in [-0.15, -0.1) is 0 Å². The quantitative estimate of drug-likeness (QED) is 0.695. The molecule has 1 aromatic heterocycles. The van der Waals surface area contributed by atoms with E-state index in [9.17, 15) is 4.39 Å². The largest absolute Gasteiger partial charge is 0.259 e. The van der Waals surface area contributed by atoms with Crippen molar-refractivity contribution >= 4 is 0 Å². The molecule has 2 aromatic rings. The third-order valence-electron chi connectivity index (χ3n) is 2.33. The number of hydrogen-bond donors (Lipinski definition) is 0. The van der Waals surface area contributed by atoms with Crippen LogP contribution in [-0.2, 0) is 0 Å². The molecular formula is C17H21FN2. The minimum absolute atomic E-state index is 0.236. The van der Waals surface area contributed by atoms with Gasteiger partial charge in [0, 0.05) is 5.69 Å². The van der Waals surface area contributed by atoms with Crippen LogP contribution in [-0.4, -0.2) is 4.98 Å². The fraction of sp³-hybridized carbons (Fsp3) is 0.294. The van der Waals surface area contributed by atoms with E-state index in [2.05, 4.69) is 11.1 Å². The first-order valence-corrected chi connectivity index (χ1v) is 6.58. The summed E-state index contributed by atoms with van der Waals surface area (Å²) in [5.41, 5.74) is 3.38. The number of pyridine rings is 1. The molecule has 0 amide bonds. The molecule has 0 atom stereocenters. The SMILES string of the molecule is CC.Cc1cc(C)c(F)cn1.Cc1cccc(C#N)c1. The summed E-state index contributed by atoms with van der Waals surface area (Å²) in [5, 5.41) is 8.41. The van der Waals surface area contributed by atoms with Crippen LogP contribution in [0.15, 0.2) is 36.5 Å². The minimum Gasteiger partial charge on any atom is -0.259 e. The lowest BCUT2D eigenvalue weighted by atomic mass is 10.2. The molecule has 20 heavy (non-hydrogen) atoms. The van der Waals surface area contributed by atoms with Crippen molar-refractivity contribution < 1.29 is 4.39 Å². The molecule has 0 bridgehead atoms. The lowest BCUT2D eigenvalue weighted by Crippen LogP contribution is -1.86. The number of aromatic nitrogens is 1. The zero-order valence-corrected chi connectivity index (χ0v) is 12.7. The summed E-state index contributed by atoms with van der Waals surface area (Å²) in [5.74, 6) is -0.236. The van der Waals surface area contributed by atoms with E-state index in [1.165, 1.54) is 6.20 Å². The Bertz CT molecular complexity index is 571. The van der Waals surface area contributed by atoms with Crippen molar-refractivity contribution in [1.82, 2.24) is 4.98 Å². The van der Waals surface area contributed by atoms with Crippen LogP contribution in [0.2, 0.25) is 0 Å². The zero-order valence-electron chi connectivity index (χ0n) is 12.7. The lowest BCUT2D eigenvalue weighted by Gasteiger charge is -1.94. The van der Waals surface area contributed by atoms with E-state index >= 15 is 0 Å². The predicted octanol–water partition coefficient (Wildman–Crippen LogP) is 4.73. The molecule has 0 saturated carbocycles. The minimum atomic E-state index is -0.236. The average molecular weight is 272 g/mol. The fourth-order valence-electron chi connectivity index (χ4n) is 1.39. The molecule has 3 heteroatoms. The highest BCUT2D eigenvalue weighted by Gasteiger charge is 1.94. The van der Waals surface area contributed by atoms with Gasteiger partial charge in [0.15, 0.2) is 0 Å². The molecule has 0 aliphatic carbocycles. The highest BCUT2D eigenvalue weighted by atomic mass is 19.1. The van der Waals surface area contributed by atoms with E-state index in [1.807, 2.05) is 45.9 Å². The summed E-state index contributed by atoms with van der Waals surface area (Å²) in [6, 6.07) is 11.3. The first-order valence-electron chi connectivity index (χ1n) is 6.58. The Kier molecular flexibility index (Phi) is 8.61. The van der Waals surface area contributed by atoms with E-state index < -0.39 is 0 Å². The molecule has 0 saturated heterocycles. The van der Waals surface area contributed by atoms with Gasteiger partial charge in [0.2, 0.25) is 0 Å². The van der Waals surface area contributed by atoms with Crippen molar-refractivity contribution in [3.05, 3.63) is 64.7 Å². The Morgan fingerprint density at radius 3 is 2.15 bits per heavy atom. The van der Waals surface area contributed by atoms with Crippen LogP contribution in [0.3, 0.4) is 0 Å². The smallest absolute Gasteiger partial charge is 0.144 e. The van der Waals surface area contributed by atoms with Crippen LogP contribution >= 0.6 is 0 Å². The number of nitrogens with zero attached hydrogens (tertiary/aromatic N) is 2. The lowest BCUT2D eigenvalue weighted by molar-refractivity contribution is 0.610. The fourth-order valence-corrected chi connectivity index (χ4v) is 1.39. The van der Waals surface area contributed by atoms with E-state index in [4.69, 9.17) is 5.26 Å². The number of halogens is 1. The zero-order chi connectivity index (χ0) is 15.5. The summed E-state index contributed by atoms with van der Waals surface area (Å²) in [4.78, 5) is 3.76. The van der Waals surface area contributed by atoms with Gasteiger partial charge in [-0.05, 0) is 50.1 Å². The third kappa shape index (κ3) is 6.65. The van der Waals surface area contributed by atoms with Crippen molar-refractivity contribution in [2.24, 2.45) is 0 Å². The molecule has 0 N–H and O–H groups in total. The highest BCUT2D eigenvalue weighted by molar-refractivity contribution is 5.31. The van der Waals surface area contributed by atoms with Gasteiger partial charge in [-0.1, -0.05) is 26.0 Å². The van der Waals surface area contributed by atoms with Crippen molar-refractivity contribution in [2.75, 3.05) is 0 Å². The van der Waals surface area contributed by atoms with Crippen LogP contribution in [0.5, 0.6) is 0 Å². The first-order chi connectivity index (χ1) is 9.52. The Morgan fingerprint density at radius 2 is 1.75 bits per heavy atom. The molecule has 0 unspecified atom stereocenters. The molecular weight excluding hydrogens is 251 g/mol. The maximum Gasteiger partial charge on any atom is 0.144 e. The van der Waals surface area contributed by atoms with Gasteiger partial charge >= 0.3 is 0 Å². The van der Waals surface area contributed by atoms with Gasteiger partial charge < -0.3 is 0 Å². The molecule has 1 heterocycles. The number of rotatable bonds is 0. The van der Waals surface area contributed by atoms with Crippen LogP contribution in [0.1, 0.15) is 36.2 Å². The molecule has 0 spiro atoms. The van der Waals surface area contributed by atoms with Crippen molar-refractivity contribution in [1.29, 1.82) is 5.26 Å². The van der Waals surface area contributed by atoms with Gasteiger partial charge in [-0.3, -0.25) is 4.98 Å². The third-order valence-corrected chi connectivity index (χ3v) is 2.33. The number of aryl methyl sites for hydroxylation is 3. The molecule has 2 rings (SSSR count). The normalized spacial score (nSPS) is 8.45. The van der Waals surface area contributed by atoms with E-state index in [1.54, 1.807) is 19.1 Å². The number of benzene rings is 1. The number of hydrogen-bond acceptors (Lipinski definition) is 2. The van der Waals surface area contributed by atoms with Crippen molar-refractivity contribution in [3.8, 4) is 6.07 Å². The first kappa shape index (κ1) is 17.8. The van der Waals surface area contributed by atoms with Crippen LogP contribution in [0, 0.1) is 37.9 Å². The van der Waals surface area contributed by atoms with Crippen molar-refractivity contribution in [3.63, 3.8) is 0 Å². The second-order valence-electron chi connectivity index (χ2n) is 4.06. The summed E-state index contributed by atoms with van der Waals surface area (Å²) in [6.45, 7) is 9.54. The van der Waals surface area contributed by atoms with Gasteiger partial charge in [0.05, 0.1) is 17.8 Å². The molecule has 2 nitrogen and oxygen atoms in total. The van der Waals surface area contributed by atoms with E-state index in [0.29, 0.717) is 5.56 Å². The maximum absolute atomic E-state index is 12.4.